The average Bonchev–Trinajstić information content (AvgIpc) is 2.35. The Morgan fingerprint density at radius 1 is 0.647 bits per heavy atom. The second kappa shape index (κ2) is 15.5. The van der Waals surface area contributed by atoms with Crippen molar-refractivity contribution in [3.8, 4) is 0 Å². The normalized spacial score (nSPS) is 11.1. The Bertz CT molecular complexity index is 167. The molecule has 0 bridgehead atoms. The number of rotatable bonds is 13. The van der Waals surface area contributed by atoms with Crippen molar-refractivity contribution >= 4 is 0 Å². The van der Waals surface area contributed by atoms with E-state index in [1.807, 2.05) is 6.08 Å². The molecule has 0 heteroatoms. The maximum absolute atomic E-state index is 3.74. The quantitative estimate of drug-likeness (QED) is 0.255. The molecule has 0 nitrogen and oxygen atoms in total. The Kier molecular flexibility index (Phi) is 15.0. The lowest BCUT2D eigenvalue weighted by atomic mass is 10.1. The molecule has 0 unspecified atom stereocenters. The highest BCUT2D eigenvalue weighted by Crippen LogP contribution is 2.08. The van der Waals surface area contributed by atoms with E-state index in [1.165, 1.54) is 77.0 Å². The molecule has 0 amide bonds. The molecule has 0 N–H and O–H groups in total. The summed E-state index contributed by atoms with van der Waals surface area (Å²) in [6, 6.07) is 0. The topological polar surface area (TPSA) is 0 Å². The van der Waals surface area contributed by atoms with Crippen LogP contribution in [0.15, 0.2) is 24.8 Å². The first kappa shape index (κ1) is 16.5. The van der Waals surface area contributed by atoms with Crippen LogP contribution in [0, 0.1) is 0 Å². The Hall–Kier alpha value is -0.520. The molecule has 0 aromatic rings. The molecule has 0 fully saturated rings. The molecule has 0 atom stereocenters. The van der Waals surface area contributed by atoms with Gasteiger partial charge >= 0.3 is 0 Å². The fraction of sp³-hybridized carbons (Fsp3) is 0.765. The summed E-state index contributed by atoms with van der Waals surface area (Å²) in [6.45, 7) is 6.02. The summed E-state index contributed by atoms with van der Waals surface area (Å²) < 4.78 is 0. The van der Waals surface area contributed by atoms with E-state index in [2.05, 4.69) is 25.7 Å². The summed E-state index contributed by atoms with van der Waals surface area (Å²) >= 11 is 0. The van der Waals surface area contributed by atoms with Crippen LogP contribution in [0.25, 0.3) is 0 Å². The van der Waals surface area contributed by atoms with E-state index in [4.69, 9.17) is 0 Å². The molecule has 0 rings (SSSR count). The van der Waals surface area contributed by atoms with Crippen LogP contribution in [0.2, 0.25) is 0 Å². The van der Waals surface area contributed by atoms with Crippen LogP contribution < -0.4 is 0 Å². The largest absolute Gasteiger partial charge is 0.103 e. The first-order chi connectivity index (χ1) is 8.41. The molecule has 0 aromatic carbocycles. The van der Waals surface area contributed by atoms with Gasteiger partial charge in [0.05, 0.1) is 0 Å². The molecule has 0 aliphatic carbocycles. The van der Waals surface area contributed by atoms with Gasteiger partial charge in [-0.1, -0.05) is 63.7 Å². The minimum absolute atomic E-state index is 1.18. The Morgan fingerprint density at radius 3 is 1.71 bits per heavy atom. The molecule has 100 valence electrons. The highest BCUT2D eigenvalue weighted by atomic mass is 13.9. The van der Waals surface area contributed by atoms with Gasteiger partial charge in [0.15, 0.2) is 0 Å². The van der Waals surface area contributed by atoms with Crippen LogP contribution >= 0.6 is 0 Å². The van der Waals surface area contributed by atoms with Gasteiger partial charge in [0.2, 0.25) is 0 Å². The highest BCUT2D eigenvalue weighted by Gasteiger charge is 1.88. The van der Waals surface area contributed by atoms with Gasteiger partial charge in [0.1, 0.15) is 0 Å². The number of unbranched alkanes of at least 4 members (excludes halogenated alkanes) is 10. The third-order valence-electron chi connectivity index (χ3n) is 3.17. The van der Waals surface area contributed by atoms with Gasteiger partial charge < -0.3 is 0 Å². The van der Waals surface area contributed by atoms with E-state index in [0.29, 0.717) is 0 Å². The zero-order chi connectivity index (χ0) is 12.6. The zero-order valence-electron chi connectivity index (χ0n) is 11.9. The summed E-state index contributed by atoms with van der Waals surface area (Å²) in [4.78, 5) is 0. The molecule has 0 spiro atoms. The maximum Gasteiger partial charge on any atom is -0.0351 e. The Morgan fingerprint density at radius 2 is 1.12 bits per heavy atom. The monoisotopic (exact) mass is 236 g/mol. The molecule has 0 aliphatic rings. The molecule has 17 heavy (non-hydrogen) atoms. The molecule has 0 saturated carbocycles. The van der Waals surface area contributed by atoms with Crippen molar-refractivity contribution < 1.29 is 0 Å². The van der Waals surface area contributed by atoms with Crippen molar-refractivity contribution in [1.82, 2.24) is 0 Å². The van der Waals surface area contributed by atoms with Crippen molar-refractivity contribution in [2.45, 2.75) is 84.0 Å². The van der Waals surface area contributed by atoms with Crippen LogP contribution in [-0.2, 0) is 0 Å². The standard InChI is InChI=1S/C17H32/c1-3-5-7-9-11-13-15-17-16-14-12-10-8-6-4-2/h3,15,17H,1,4-14,16H2,2H3/b17-15+. The van der Waals surface area contributed by atoms with Crippen molar-refractivity contribution in [2.24, 2.45) is 0 Å². The van der Waals surface area contributed by atoms with Gasteiger partial charge in [-0.3, -0.25) is 0 Å². The Balaban J connectivity index is 3.01. The zero-order valence-corrected chi connectivity index (χ0v) is 11.9. The number of allylic oxidation sites excluding steroid dienone is 3. The molecule has 0 radical (unpaired) electrons. The van der Waals surface area contributed by atoms with Crippen LogP contribution in [-0.4, -0.2) is 0 Å². The molecule has 0 heterocycles. The minimum Gasteiger partial charge on any atom is -0.103 e. The van der Waals surface area contributed by atoms with Crippen molar-refractivity contribution in [2.75, 3.05) is 0 Å². The van der Waals surface area contributed by atoms with Crippen molar-refractivity contribution in [3.05, 3.63) is 24.8 Å². The molecular weight excluding hydrogens is 204 g/mol. The van der Waals surface area contributed by atoms with Crippen molar-refractivity contribution in [3.63, 3.8) is 0 Å². The number of hydrogen-bond donors (Lipinski definition) is 0. The lowest BCUT2D eigenvalue weighted by Crippen LogP contribution is -1.78. The first-order valence-corrected chi connectivity index (χ1v) is 7.67. The predicted octanol–water partition coefficient (Wildman–Crippen LogP) is 6.43. The molecule has 0 saturated heterocycles. The van der Waals surface area contributed by atoms with Crippen LogP contribution in [0.4, 0.5) is 0 Å². The fourth-order valence-corrected chi connectivity index (χ4v) is 2.01. The summed E-state index contributed by atoms with van der Waals surface area (Å²) in [7, 11) is 0. The summed E-state index contributed by atoms with van der Waals surface area (Å²) in [5.41, 5.74) is 0. The fourth-order valence-electron chi connectivity index (χ4n) is 2.01. The van der Waals surface area contributed by atoms with E-state index in [9.17, 15) is 0 Å². The maximum atomic E-state index is 3.74. The van der Waals surface area contributed by atoms with Crippen LogP contribution in [0.5, 0.6) is 0 Å². The lowest BCUT2D eigenvalue weighted by molar-refractivity contribution is 0.610. The number of hydrogen-bond acceptors (Lipinski definition) is 0. The summed E-state index contributed by atoms with van der Waals surface area (Å²) in [5, 5.41) is 0. The molecular formula is C17H32. The third kappa shape index (κ3) is 15.5. The highest BCUT2D eigenvalue weighted by molar-refractivity contribution is 4.81. The second-order valence-electron chi connectivity index (χ2n) is 4.95. The second-order valence-corrected chi connectivity index (χ2v) is 4.95. The van der Waals surface area contributed by atoms with Gasteiger partial charge in [-0.15, -0.1) is 6.58 Å². The van der Waals surface area contributed by atoms with E-state index in [1.54, 1.807) is 0 Å². The van der Waals surface area contributed by atoms with Crippen molar-refractivity contribution in [1.29, 1.82) is 0 Å². The van der Waals surface area contributed by atoms with Gasteiger partial charge in [0, 0.05) is 0 Å². The van der Waals surface area contributed by atoms with Gasteiger partial charge in [-0.2, -0.15) is 0 Å². The van der Waals surface area contributed by atoms with Crippen LogP contribution in [0.1, 0.15) is 84.0 Å². The van der Waals surface area contributed by atoms with Crippen LogP contribution in [0.3, 0.4) is 0 Å². The van der Waals surface area contributed by atoms with E-state index < -0.39 is 0 Å². The molecule has 0 aromatic heterocycles. The average molecular weight is 236 g/mol. The minimum atomic E-state index is 1.18. The lowest BCUT2D eigenvalue weighted by Gasteiger charge is -1.98. The third-order valence-corrected chi connectivity index (χ3v) is 3.17. The van der Waals surface area contributed by atoms with E-state index >= 15 is 0 Å². The van der Waals surface area contributed by atoms with Gasteiger partial charge in [-0.05, 0) is 38.5 Å². The smallest absolute Gasteiger partial charge is 0.0351 e. The SMILES string of the molecule is C=CCCCCC/C=C/CCCCCCCC. The summed E-state index contributed by atoms with van der Waals surface area (Å²) in [5.74, 6) is 0. The summed E-state index contributed by atoms with van der Waals surface area (Å²) in [6.07, 6.45) is 23.0. The van der Waals surface area contributed by atoms with E-state index in [-0.39, 0.29) is 0 Å². The molecule has 0 aliphatic heterocycles. The van der Waals surface area contributed by atoms with Gasteiger partial charge in [0.25, 0.3) is 0 Å². The van der Waals surface area contributed by atoms with Gasteiger partial charge in [-0.25, -0.2) is 0 Å². The first-order valence-electron chi connectivity index (χ1n) is 7.67. The predicted molar refractivity (Wildman–Crippen MR) is 80.4 cm³/mol. The Labute approximate surface area is 109 Å². The van der Waals surface area contributed by atoms with E-state index in [0.717, 1.165) is 0 Å².